The minimum atomic E-state index is 0.0220. The van der Waals surface area contributed by atoms with E-state index in [-0.39, 0.29) is 6.61 Å². The zero-order valence-corrected chi connectivity index (χ0v) is 9.11. The van der Waals surface area contributed by atoms with Crippen LogP contribution in [0.25, 0.3) is 16.7 Å². The Balaban J connectivity index is 2.19. The van der Waals surface area contributed by atoms with Crippen LogP contribution in [0.3, 0.4) is 0 Å². The van der Waals surface area contributed by atoms with Crippen molar-refractivity contribution in [3.05, 3.63) is 54.1 Å². The van der Waals surface area contributed by atoms with E-state index in [9.17, 15) is 0 Å². The lowest BCUT2D eigenvalue weighted by atomic mass is 10.2. The summed E-state index contributed by atoms with van der Waals surface area (Å²) < 4.78 is 1.79. The largest absolute Gasteiger partial charge is 0.392 e. The summed E-state index contributed by atoms with van der Waals surface area (Å²) in [6.07, 6.45) is 0. The molecule has 0 unspecified atom stereocenters. The fourth-order valence-electron chi connectivity index (χ4n) is 1.83. The maximum Gasteiger partial charge on any atom is 0.114 e. The summed E-state index contributed by atoms with van der Waals surface area (Å²) in [6.45, 7) is 0.0220. The predicted octanol–water partition coefficient (Wildman–Crippen LogP) is 1.91. The Morgan fingerprint density at radius 2 is 1.88 bits per heavy atom. The van der Waals surface area contributed by atoms with Crippen LogP contribution in [0.5, 0.6) is 0 Å². The number of hydrogen-bond donors (Lipinski definition) is 1. The molecule has 0 aliphatic heterocycles. The van der Waals surface area contributed by atoms with Gasteiger partial charge < -0.3 is 5.11 Å². The Labute approximate surface area is 98.1 Å². The normalized spacial score (nSPS) is 10.9. The Kier molecular flexibility index (Phi) is 2.34. The molecule has 4 heteroatoms. The van der Waals surface area contributed by atoms with Gasteiger partial charge in [-0.3, -0.25) is 0 Å². The lowest BCUT2D eigenvalue weighted by Gasteiger charge is -2.01. The Hall–Kier alpha value is -2.20. The molecule has 1 heterocycles. The Bertz CT molecular complexity index is 646. The van der Waals surface area contributed by atoms with Gasteiger partial charge in [0, 0.05) is 0 Å². The van der Waals surface area contributed by atoms with Crippen LogP contribution >= 0.6 is 0 Å². The van der Waals surface area contributed by atoms with Crippen molar-refractivity contribution in [3.63, 3.8) is 0 Å². The molecule has 3 aromatic rings. The second-order valence-electron chi connectivity index (χ2n) is 3.82. The van der Waals surface area contributed by atoms with Gasteiger partial charge in [-0.15, -0.1) is 5.10 Å². The third-order valence-electron chi connectivity index (χ3n) is 2.69. The van der Waals surface area contributed by atoms with E-state index in [2.05, 4.69) is 10.3 Å². The molecule has 0 saturated heterocycles. The van der Waals surface area contributed by atoms with Crippen molar-refractivity contribution in [2.24, 2.45) is 0 Å². The standard InChI is InChI=1S/C13H11N3O/c17-9-10-6-7-13-12(8-10)14-15-16(13)11-4-2-1-3-5-11/h1-8,17H,9H2. The number of aromatic nitrogens is 3. The molecule has 0 fully saturated rings. The Morgan fingerprint density at radius 1 is 1.06 bits per heavy atom. The molecule has 0 amide bonds. The van der Waals surface area contributed by atoms with E-state index in [1.807, 2.05) is 48.5 Å². The molecular weight excluding hydrogens is 214 g/mol. The van der Waals surface area contributed by atoms with Crippen LogP contribution in [0.15, 0.2) is 48.5 Å². The van der Waals surface area contributed by atoms with Crippen LogP contribution in [0.1, 0.15) is 5.56 Å². The van der Waals surface area contributed by atoms with E-state index in [1.165, 1.54) is 0 Å². The summed E-state index contributed by atoms with van der Waals surface area (Å²) in [4.78, 5) is 0. The SMILES string of the molecule is OCc1ccc2c(c1)nnn2-c1ccccc1. The fourth-order valence-corrected chi connectivity index (χ4v) is 1.83. The number of rotatable bonds is 2. The van der Waals surface area contributed by atoms with Gasteiger partial charge in [-0.1, -0.05) is 29.5 Å². The molecule has 0 aliphatic rings. The average Bonchev–Trinajstić information content (AvgIpc) is 2.82. The molecule has 2 aromatic carbocycles. The summed E-state index contributed by atoms with van der Waals surface area (Å²) in [5.74, 6) is 0. The number of aliphatic hydroxyl groups is 1. The lowest BCUT2D eigenvalue weighted by molar-refractivity contribution is 0.282. The molecule has 4 nitrogen and oxygen atoms in total. The zero-order chi connectivity index (χ0) is 11.7. The van der Waals surface area contributed by atoms with E-state index in [4.69, 9.17) is 5.11 Å². The number of benzene rings is 2. The predicted molar refractivity (Wildman–Crippen MR) is 64.8 cm³/mol. The first-order valence-corrected chi connectivity index (χ1v) is 5.39. The molecule has 0 radical (unpaired) electrons. The van der Waals surface area contributed by atoms with Gasteiger partial charge >= 0.3 is 0 Å². The third-order valence-corrected chi connectivity index (χ3v) is 2.69. The summed E-state index contributed by atoms with van der Waals surface area (Å²) in [7, 11) is 0. The maximum absolute atomic E-state index is 9.07. The maximum atomic E-state index is 9.07. The average molecular weight is 225 g/mol. The first-order chi connectivity index (χ1) is 8.38. The minimum Gasteiger partial charge on any atom is -0.392 e. The third kappa shape index (κ3) is 1.68. The van der Waals surface area contributed by atoms with Gasteiger partial charge in [-0.2, -0.15) is 0 Å². The van der Waals surface area contributed by atoms with E-state index in [0.717, 1.165) is 22.3 Å². The van der Waals surface area contributed by atoms with Gasteiger partial charge in [0.25, 0.3) is 0 Å². The molecule has 0 atom stereocenters. The minimum absolute atomic E-state index is 0.0220. The van der Waals surface area contributed by atoms with Gasteiger partial charge in [0.1, 0.15) is 5.52 Å². The molecule has 0 aliphatic carbocycles. The van der Waals surface area contributed by atoms with Crippen molar-refractivity contribution in [1.82, 2.24) is 15.0 Å². The van der Waals surface area contributed by atoms with Crippen molar-refractivity contribution in [1.29, 1.82) is 0 Å². The first kappa shape index (κ1) is 9.99. The quantitative estimate of drug-likeness (QED) is 0.724. The van der Waals surface area contributed by atoms with Crippen LogP contribution in [0, 0.1) is 0 Å². The van der Waals surface area contributed by atoms with Crippen LogP contribution in [0.2, 0.25) is 0 Å². The van der Waals surface area contributed by atoms with E-state index in [1.54, 1.807) is 4.68 Å². The van der Waals surface area contributed by atoms with Crippen molar-refractivity contribution in [2.45, 2.75) is 6.61 Å². The summed E-state index contributed by atoms with van der Waals surface area (Å²) in [5, 5.41) is 17.3. The second kappa shape index (κ2) is 3.99. The van der Waals surface area contributed by atoms with E-state index >= 15 is 0 Å². The molecule has 17 heavy (non-hydrogen) atoms. The van der Waals surface area contributed by atoms with Gasteiger partial charge in [-0.05, 0) is 29.8 Å². The van der Waals surface area contributed by atoms with E-state index in [0.29, 0.717) is 0 Å². The summed E-state index contributed by atoms with van der Waals surface area (Å²) >= 11 is 0. The van der Waals surface area contributed by atoms with Crippen LogP contribution in [0.4, 0.5) is 0 Å². The molecule has 3 rings (SSSR count). The highest BCUT2D eigenvalue weighted by Crippen LogP contribution is 2.17. The number of aliphatic hydroxyl groups excluding tert-OH is 1. The molecular formula is C13H11N3O. The highest BCUT2D eigenvalue weighted by atomic mass is 16.3. The van der Waals surface area contributed by atoms with Crippen LogP contribution in [-0.4, -0.2) is 20.1 Å². The molecule has 84 valence electrons. The molecule has 0 bridgehead atoms. The van der Waals surface area contributed by atoms with Gasteiger partial charge in [-0.25, -0.2) is 4.68 Å². The second-order valence-corrected chi connectivity index (χ2v) is 3.82. The monoisotopic (exact) mass is 225 g/mol. The molecule has 0 spiro atoms. The van der Waals surface area contributed by atoms with E-state index < -0.39 is 0 Å². The molecule has 1 aromatic heterocycles. The van der Waals surface area contributed by atoms with Crippen LogP contribution in [-0.2, 0) is 6.61 Å². The number of fused-ring (bicyclic) bond motifs is 1. The zero-order valence-electron chi connectivity index (χ0n) is 9.11. The number of para-hydroxylation sites is 1. The molecule has 1 N–H and O–H groups in total. The van der Waals surface area contributed by atoms with Crippen molar-refractivity contribution in [3.8, 4) is 5.69 Å². The fraction of sp³-hybridized carbons (Fsp3) is 0.0769. The topological polar surface area (TPSA) is 50.9 Å². The van der Waals surface area contributed by atoms with Crippen LogP contribution < -0.4 is 0 Å². The number of hydrogen-bond acceptors (Lipinski definition) is 3. The summed E-state index contributed by atoms with van der Waals surface area (Å²) in [6, 6.07) is 15.5. The smallest absolute Gasteiger partial charge is 0.114 e. The van der Waals surface area contributed by atoms with Crippen molar-refractivity contribution < 1.29 is 5.11 Å². The number of nitrogens with zero attached hydrogens (tertiary/aromatic N) is 3. The van der Waals surface area contributed by atoms with Gasteiger partial charge in [0.05, 0.1) is 17.8 Å². The van der Waals surface area contributed by atoms with Gasteiger partial charge in [0.15, 0.2) is 0 Å². The van der Waals surface area contributed by atoms with Crippen molar-refractivity contribution in [2.75, 3.05) is 0 Å². The highest BCUT2D eigenvalue weighted by Gasteiger charge is 2.06. The first-order valence-electron chi connectivity index (χ1n) is 5.39. The lowest BCUT2D eigenvalue weighted by Crippen LogP contribution is -1.95. The molecule has 0 saturated carbocycles. The highest BCUT2D eigenvalue weighted by molar-refractivity contribution is 5.76. The summed E-state index contributed by atoms with van der Waals surface area (Å²) in [5.41, 5.74) is 3.55. The van der Waals surface area contributed by atoms with Crippen molar-refractivity contribution >= 4 is 11.0 Å². The van der Waals surface area contributed by atoms with Gasteiger partial charge in [0.2, 0.25) is 0 Å². The Morgan fingerprint density at radius 3 is 2.65 bits per heavy atom.